The molecule has 0 radical (unpaired) electrons. The van der Waals surface area contributed by atoms with Crippen LogP contribution in [0.1, 0.15) is 37.5 Å². The molecular weight excluding hydrogens is 366 g/mol. The highest BCUT2D eigenvalue weighted by atomic mass is 16.2. The van der Waals surface area contributed by atoms with Gasteiger partial charge in [-0.2, -0.15) is 0 Å². The number of carbonyl (C=O) groups excluding carboxylic acids is 3. The van der Waals surface area contributed by atoms with Crippen molar-refractivity contribution >= 4 is 28.8 Å². The van der Waals surface area contributed by atoms with Crippen LogP contribution in [0.4, 0.5) is 5.69 Å². The van der Waals surface area contributed by atoms with Crippen molar-refractivity contribution in [2.24, 2.45) is 0 Å². The highest BCUT2D eigenvalue weighted by Crippen LogP contribution is 2.29. The number of amides is 1. The van der Waals surface area contributed by atoms with E-state index >= 15 is 0 Å². The summed E-state index contributed by atoms with van der Waals surface area (Å²) in [6.07, 6.45) is 3.78. The van der Waals surface area contributed by atoms with Gasteiger partial charge in [-0.25, -0.2) is 4.98 Å². The Balaban J connectivity index is 1.39. The van der Waals surface area contributed by atoms with Gasteiger partial charge in [0.05, 0.1) is 12.1 Å². The summed E-state index contributed by atoms with van der Waals surface area (Å²) in [7, 11) is 0. The van der Waals surface area contributed by atoms with Gasteiger partial charge in [0.2, 0.25) is 5.91 Å². The summed E-state index contributed by atoms with van der Waals surface area (Å²) in [6, 6.07) is 17.2. The monoisotopic (exact) mass is 381 g/mol. The van der Waals surface area contributed by atoms with Crippen LogP contribution in [0.2, 0.25) is 0 Å². The summed E-state index contributed by atoms with van der Waals surface area (Å²) < 4.78 is 1.85. The number of hydrogen-bond donors (Lipinski definition) is 1. The van der Waals surface area contributed by atoms with Gasteiger partial charge in [0.1, 0.15) is 5.65 Å². The predicted molar refractivity (Wildman–Crippen MR) is 107 cm³/mol. The number of pyridine rings is 1. The average molecular weight is 381 g/mol. The molecule has 2 heterocycles. The first-order valence-corrected chi connectivity index (χ1v) is 9.15. The van der Waals surface area contributed by atoms with Gasteiger partial charge in [-0.05, 0) is 30.3 Å². The van der Waals surface area contributed by atoms with Gasteiger partial charge in [-0.15, -0.1) is 0 Å². The summed E-state index contributed by atoms with van der Waals surface area (Å²) >= 11 is 0. The Labute approximate surface area is 165 Å². The molecule has 0 bridgehead atoms. The van der Waals surface area contributed by atoms with Gasteiger partial charge in [0, 0.05) is 40.3 Å². The molecule has 0 unspecified atom stereocenters. The number of benzene rings is 2. The van der Waals surface area contributed by atoms with Crippen molar-refractivity contribution in [3.05, 3.63) is 101 Å². The van der Waals surface area contributed by atoms with E-state index in [2.05, 4.69) is 10.3 Å². The van der Waals surface area contributed by atoms with Crippen LogP contribution in [0.15, 0.2) is 73.1 Å². The number of carbonyl (C=O) groups is 3. The van der Waals surface area contributed by atoms with Gasteiger partial charge in [0.25, 0.3) is 0 Å². The Bertz CT molecular complexity index is 1290. The van der Waals surface area contributed by atoms with Crippen LogP contribution in [0, 0.1) is 0 Å². The minimum absolute atomic E-state index is 0.106. The van der Waals surface area contributed by atoms with Crippen LogP contribution in [0.3, 0.4) is 0 Å². The Morgan fingerprint density at radius 3 is 2.31 bits per heavy atom. The number of anilines is 1. The summed E-state index contributed by atoms with van der Waals surface area (Å²) in [4.78, 5) is 42.3. The van der Waals surface area contributed by atoms with Crippen molar-refractivity contribution in [3.63, 3.8) is 0 Å². The lowest BCUT2D eigenvalue weighted by Crippen LogP contribution is -2.21. The molecule has 6 nitrogen and oxygen atoms in total. The number of fused-ring (bicyclic) bond motifs is 3. The smallest absolute Gasteiger partial charge is 0.230 e. The van der Waals surface area contributed by atoms with Gasteiger partial charge >= 0.3 is 0 Å². The van der Waals surface area contributed by atoms with Crippen molar-refractivity contribution in [1.82, 2.24) is 9.38 Å². The molecule has 1 amide bonds. The zero-order valence-corrected chi connectivity index (χ0v) is 15.3. The van der Waals surface area contributed by atoms with Crippen molar-refractivity contribution in [2.75, 3.05) is 5.32 Å². The molecule has 2 aromatic heterocycles. The van der Waals surface area contributed by atoms with E-state index in [-0.39, 0.29) is 23.9 Å². The number of nitrogens with zero attached hydrogens (tertiary/aromatic N) is 2. The van der Waals surface area contributed by atoms with Crippen molar-refractivity contribution in [1.29, 1.82) is 0 Å². The molecule has 1 aliphatic rings. The average Bonchev–Trinajstić information content (AvgIpc) is 3.14. The van der Waals surface area contributed by atoms with Crippen LogP contribution in [-0.4, -0.2) is 26.9 Å². The molecule has 5 rings (SSSR count). The van der Waals surface area contributed by atoms with Crippen LogP contribution >= 0.6 is 0 Å². The first-order chi connectivity index (χ1) is 14.1. The Kier molecular flexibility index (Phi) is 3.84. The fourth-order valence-corrected chi connectivity index (χ4v) is 3.62. The van der Waals surface area contributed by atoms with Crippen molar-refractivity contribution in [3.8, 4) is 0 Å². The zero-order valence-electron chi connectivity index (χ0n) is 15.3. The maximum atomic E-state index is 12.8. The predicted octanol–water partition coefficient (Wildman–Crippen LogP) is 3.29. The lowest BCUT2D eigenvalue weighted by Gasteiger charge is -2.18. The molecule has 0 saturated heterocycles. The summed E-state index contributed by atoms with van der Waals surface area (Å²) in [5.41, 5.74) is 3.34. The first-order valence-electron chi connectivity index (χ1n) is 9.15. The van der Waals surface area contributed by atoms with E-state index < -0.39 is 0 Å². The quantitative estimate of drug-likeness (QED) is 0.520. The Morgan fingerprint density at radius 2 is 1.55 bits per heavy atom. The fourth-order valence-electron chi connectivity index (χ4n) is 3.62. The van der Waals surface area contributed by atoms with E-state index in [4.69, 9.17) is 0 Å². The molecular formula is C23H15N3O3. The minimum Gasteiger partial charge on any atom is -0.326 e. The minimum atomic E-state index is -0.247. The van der Waals surface area contributed by atoms with Gasteiger partial charge < -0.3 is 9.72 Å². The second kappa shape index (κ2) is 6.53. The van der Waals surface area contributed by atoms with E-state index in [1.54, 1.807) is 48.7 Å². The molecule has 1 N–H and O–H groups in total. The molecule has 0 saturated carbocycles. The largest absolute Gasteiger partial charge is 0.326 e. The fraction of sp³-hybridized carbons (Fsp3) is 0.0435. The molecule has 2 aromatic carbocycles. The van der Waals surface area contributed by atoms with Crippen LogP contribution in [0.5, 0.6) is 0 Å². The molecule has 0 fully saturated rings. The summed E-state index contributed by atoms with van der Waals surface area (Å²) in [5.74, 6) is -0.646. The van der Waals surface area contributed by atoms with Crippen LogP contribution in [-0.2, 0) is 11.2 Å². The van der Waals surface area contributed by atoms with Gasteiger partial charge in [-0.3, -0.25) is 14.4 Å². The third-order valence-electron chi connectivity index (χ3n) is 4.96. The molecule has 140 valence electrons. The summed E-state index contributed by atoms with van der Waals surface area (Å²) in [6.45, 7) is 0. The molecule has 0 spiro atoms. The van der Waals surface area contributed by atoms with E-state index in [0.29, 0.717) is 33.6 Å². The maximum absolute atomic E-state index is 12.8. The van der Waals surface area contributed by atoms with E-state index in [1.807, 2.05) is 28.8 Å². The number of hydrogen-bond acceptors (Lipinski definition) is 4. The number of imidazole rings is 1. The molecule has 4 aromatic rings. The molecule has 29 heavy (non-hydrogen) atoms. The third kappa shape index (κ3) is 2.91. The van der Waals surface area contributed by atoms with E-state index in [0.717, 1.165) is 5.65 Å². The second-order valence-corrected chi connectivity index (χ2v) is 6.89. The van der Waals surface area contributed by atoms with E-state index in [9.17, 15) is 14.4 Å². The second-order valence-electron chi connectivity index (χ2n) is 6.89. The van der Waals surface area contributed by atoms with E-state index in [1.165, 1.54) is 0 Å². The van der Waals surface area contributed by atoms with Crippen molar-refractivity contribution < 1.29 is 14.4 Å². The highest BCUT2D eigenvalue weighted by Gasteiger charge is 2.29. The Hall–Kier alpha value is -4.06. The normalized spacial score (nSPS) is 12.6. The lowest BCUT2D eigenvalue weighted by molar-refractivity contribution is -0.115. The van der Waals surface area contributed by atoms with Gasteiger partial charge in [-0.1, -0.05) is 30.3 Å². The molecule has 6 heteroatoms. The van der Waals surface area contributed by atoms with Crippen molar-refractivity contribution in [2.45, 2.75) is 6.42 Å². The SMILES string of the molecule is O=C(Cc1cn2ccccc2n1)Nc1ccc2c(c1)C(=O)c1ccccc1C2=O. The van der Waals surface area contributed by atoms with Crippen LogP contribution in [0.25, 0.3) is 5.65 Å². The number of aromatic nitrogens is 2. The highest BCUT2D eigenvalue weighted by molar-refractivity contribution is 6.28. The zero-order chi connectivity index (χ0) is 20.0. The lowest BCUT2D eigenvalue weighted by atomic mass is 9.84. The maximum Gasteiger partial charge on any atom is 0.230 e. The summed E-state index contributed by atoms with van der Waals surface area (Å²) in [5, 5.41) is 2.79. The first kappa shape index (κ1) is 17.1. The number of ketones is 2. The Morgan fingerprint density at radius 1 is 0.862 bits per heavy atom. The third-order valence-corrected chi connectivity index (χ3v) is 4.96. The molecule has 1 aliphatic carbocycles. The standard InChI is InChI=1S/C23H15N3O3/c27-21(12-15-13-26-10-4-3-7-20(26)24-15)25-14-8-9-18-19(11-14)23(29)17-6-2-1-5-16(17)22(18)28/h1-11,13H,12H2,(H,25,27). The molecule has 0 aliphatic heterocycles. The molecule has 0 atom stereocenters. The topological polar surface area (TPSA) is 80.5 Å². The number of nitrogens with one attached hydrogen (secondary N) is 1. The van der Waals surface area contributed by atoms with Crippen LogP contribution < -0.4 is 5.32 Å². The number of rotatable bonds is 3. The van der Waals surface area contributed by atoms with Gasteiger partial charge in [0.15, 0.2) is 11.6 Å².